The number of rotatable bonds is 2. The van der Waals surface area contributed by atoms with Gasteiger partial charge in [-0.25, -0.2) is 4.79 Å². The molecular formula is C7H12N2O2. The molecule has 1 saturated heterocycles. The highest BCUT2D eigenvalue weighted by atomic mass is 16.6. The van der Waals surface area contributed by atoms with Crippen LogP contribution < -0.4 is 10.6 Å². The minimum Gasteiger partial charge on any atom is -0.444 e. The maximum atomic E-state index is 10.9. The lowest BCUT2D eigenvalue weighted by Gasteiger charge is -2.26. The fraction of sp³-hybridized carbons (Fsp3) is 0.857. The summed E-state index contributed by atoms with van der Waals surface area (Å²) in [6.07, 6.45) is 2.07. The molecule has 0 radical (unpaired) electrons. The molecule has 4 heteroatoms. The number of alkyl carbamates (subject to hydrolysis) is 1. The molecule has 0 unspecified atom stereocenters. The van der Waals surface area contributed by atoms with E-state index in [2.05, 4.69) is 10.6 Å². The van der Waals surface area contributed by atoms with Crippen molar-refractivity contribution in [3.63, 3.8) is 0 Å². The highest BCUT2D eigenvalue weighted by Gasteiger charge is 2.26. The van der Waals surface area contributed by atoms with Crippen molar-refractivity contribution >= 4 is 6.09 Å². The summed E-state index contributed by atoms with van der Waals surface area (Å²) in [6.45, 7) is 1.61. The predicted molar refractivity (Wildman–Crippen MR) is 39.3 cm³/mol. The Morgan fingerprint density at radius 2 is 2.18 bits per heavy atom. The zero-order valence-electron chi connectivity index (χ0n) is 6.30. The molecular weight excluding hydrogens is 144 g/mol. The molecule has 2 fully saturated rings. The lowest BCUT2D eigenvalue weighted by Crippen LogP contribution is -2.50. The first kappa shape index (κ1) is 6.91. The van der Waals surface area contributed by atoms with Gasteiger partial charge in [0.15, 0.2) is 0 Å². The molecule has 1 aliphatic carbocycles. The van der Waals surface area contributed by atoms with Gasteiger partial charge in [-0.15, -0.1) is 0 Å². The molecule has 2 aliphatic rings. The van der Waals surface area contributed by atoms with E-state index in [9.17, 15) is 4.79 Å². The van der Waals surface area contributed by atoms with Crippen molar-refractivity contribution in [1.82, 2.24) is 10.6 Å². The molecule has 1 aliphatic heterocycles. The standard InChI is InChI=1S/C7H12N2O2/c10-7(9-5-1-2-5)11-6-3-8-4-6/h5-6,8H,1-4H2,(H,9,10). The fourth-order valence-electron chi connectivity index (χ4n) is 0.925. The lowest BCUT2D eigenvalue weighted by atomic mass is 10.2. The van der Waals surface area contributed by atoms with Crippen LogP contribution in [-0.2, 0) is 4.74 Å². The van der Waals surface area contributed by atoms with Crippen LogP contribution in [0.2, 0.25) is 0 Å². The summed E-state index contributed by atoms with van der Waals surface area (Å²) >= 11 is 0. The van der Waals surface area contributed by atoms with Crippen molar-refractivity contribution in [3.05, 3.63) is 0 Å². The third kappa shape index (κ3) is 1.83. The molecule has 1 saturated carbocycles. The van der Waals surface area contributed by atoms with E-state index < -0.39 is 0 Å². The molecule has 1 amide bonds. The topological polar surface area (TPSA) is 50.4 Å². The lowest BCUT2D eigenvalue weighted by molar-refractivity contribution is 0.0668. The molecule has 1 heterocycles. The second kappa shape index (κ2) is 2.70. The quantitative estimate of drug-likeness (QED) is 0.584. The molecule has 0 bridgehead atoms. The zero-order valence-corrected chi connectivity index (χ0v) is 6.30. The minimum atomic E-state index is -0.251. The van der Waals surface area contributed by atoms with E-state index in [0.717, 1.165) is 25.9 Å². The van der Waals surface area contributed by atoms with Gasteiger partial charge < -0.3 is 15.4 Å². The Kier molecular flexibility index (Phi) is 1.69. The number of amides is 1. The van der Waals surface area contributed by atoms with Gasteiger partial charge in [0, 0.05) is 19.1 Å². The van der Waals surface area contributed by atoms with E-state index in [1.165, 1.54) is 0 Å². The van der Waals surface area contributed by atoms with Crippen LogP contribution in [0.3, 0.4) is 0 Å². The van der Waals surface area contributed by atoms with Gasteiger partial charge in [0.1, 0.15) is 6.10 Å². The number of hydrogen-bond donors (Lipinski definition) is 2. The van der Waals surface area contributed by atoms with Gasteiger partial charge >= 0.3 is 6.09 Å². The maximum absolute atomic E-state index is 10.9. The minimum absolute atomic E-state index is 0.105. The Morgan fingerprint density at radius 3 is 2.64 bits per heavy atom. The van der Waals surface area contributed by atoms with Crippen molar-refractivity contribution in [1.29, 1.82) is 0 Å². The molecule has 0 atom stereocenters. The number of carbonyl (C=O) groups is 1. The largest absolute Gasteiger partial charge is 0.444 e. The summed E-state index contributed by atoms with van der Waals surface area (Å²) in [5.41, 5.74) is 0. The number of hydrogen-bond acceptors (Lipinski definition) is 3. The SMILES string of the molecule is O=C(NC1CC1)OC1CNC1. The molecule has 11 heavy (non-hydrogen) atoms. The first-order valence-electron chi connectivity index (χ1n) is 4.02. The molecule has 62 valence electrons. The summed E-state index contributed by atoms with van der Waals surface area (Å²) in [5, 5.41) is 5.79. The predicted octanol–water partition coefficient (Wildman–Crippen LogP) is -0.153. The van der Waals surface area contributed by atoms with Crippen LogP contribution in [0.15, 0.2) is 0 Å². The van der Waals surface area contributed by atoms with E-state index in [4.69, 9.17) is 4.74 Å². The maximum Gasteiger partial charge on any atom is 0.407 e. The summed E-state index contributed by atoms with van der Waals surface area (Å²) in [5.74, 6) is 0. The number of ether oxygens (including phenoxy) is 1. The Balaban J connectivity index is 1.63. The average molecular weight is 156 g/mol. The summed E-state index contributed by atoms with van der Waals surface area (Å²) in [6, 6.07) is 0.399. The Bertz CT molecular complexity index is 164. The van der Waals surface area contributed by atoms with Crippen LogP contribution in [0.4, 0.5) is 4.79 Å². The molecule has 0 aromatic heterocycles. The van der Waals surface area contributed by atoms with Gasteiger partial charge in [-0.05, 0) is 12.8 Å². The van der Waals surface area contributed by atoms with Gasteiger partial charge in [0.25, 0.3) is 0 Å². The average Bonchev–Trinajstić information content (AvgIpc) is 2.62. The van der Waals surface area contributed by atoms with Crippen molar-refractivity contribution in [2.24, 2.45) is 0 Å². The van der Waals surface area contributed by atoms with Gasteiger partial charge in [0.05, 0.1) is 0 Å². The number of nitrogens with one attached hydrogen (secondary N) is 2. The molecule has 0 aromatic carbocycles. The van der Waals surface area contributed by atoms with Gasteiger partial charge in [-0.2, -0.15) is 0 Å². The second-order valence-corrected chi connectivity index (χ2v) is 3.10. The van der Waals surface area contributed by atoms with Crippen LogP contribution >= 0.6 is 0 Å². The highest BCUT2D eigenvalue weighted by molar-refractivity contribution is 5.68. The third-order valence-electron chi connectivity index (χ3n) is 1.92. The Labute approximate surface area is 65.3 Å². The first-order chi connectivity index (χ1) is 5.34. The summed E-state index contributed by atoms with van der Waals surface area (Å²) in [4.78, 5) is 10.9. The number of carbonyl (C=O) groups excluding carboxylic acids is 1. The normalized spacial score (nSPS) is 24.0. The smallest absolute Gasteiger partial charge is 0.407 e. The molecule has 2 rings (SSSR count). The van der Waals surface area contributed by atoms with Crippen molar-refractivity contribution in [3.8, 4) is 0 Å². The molecule has 0 spiro atoms. The van der Waals surface area contributed by atoms with Crippen LogP contribution in [0.5, 0.6) is 0 Å². The summed E-state index contributed by atoms with van der Waals surface area (Å²) in [7, 11) is 0. The van der Waals surface area contributed by atoms with Crippen molar-refractivity contribution in [2.75, 3.05) is 13.1 Å². The van der Waals surface area contributed by atoms with E-state index >= 15 is 0 Å². The van der Waals surface area contributed by atoms with Gasteiger partial charge in [-0.3, -0.25) is 0 Å². The van der Waals surface area contributed by atoms with E-state index in [-0.39, 0.29) is 12.2 Å². The highest BCUT2D eigenvalue weighted by Crippen LogP contribution is 2.18. The van der Waals surface area contributed by atoms with Gasteiger partial charge in [-0.1, -0.05) is 0 Å². The van der Waals surface area contributed by atoms with Crippen LogP contribution in [-0.4, -0.2) is 31.3 Å². The van der Waals surface area contributed by atoms with Gasteiger partial charge in [0.2, 0.25) is 0 Å². The molecule has 2 N–H and O–H groups in total. The zero-order chi connectivity index (χ0) is 7.68. The van der Waals surface area contributed by atoms with Crippen LogP contribution in [0, 0.1) is 0 Å². The Morgan fingerprint density at radius 1 is 1.45 bits per heavy atom. The van der Waals surface area contributed by atoms with Crippen molar-refractivity contribution < 1.29 is 9.53 Å². The summed E-state index contributed by atoms with van der Waals surface area (Å²) < 4.78 is 5.02. The third-order valence-corrected chi connectivity index (χ3v) is 1.92. The van der Waals surface area contributed by atoms with E-state index in [1.54, 1.807) is 0 Å². The molecule has 4 nitrogen and oxygen atoms in total. The fourth-order valence-corrected chi connectivity index (χ4v) is 0.925. The monoisotopic (exact) mass is 156 g/mol. The van der Waals surface area contributed by atoms with E-state index in [0.29, 0.717) is 6.04 Å². The Hall–Kier alpha value is -0.770. The first-order valence-corrected chi connectivity index (χ1v) is 4.02. The van der Waals surface area contributed by atoms with Crippen LogP contribution in [0.1, 0.15) is 12.8 Å². The molecule has 0 aromatic rings. The van der Waals surface area contributed by atoms with E-state index in [1.807, 2.05) is 0 Å². The van der Waals surface area contributed by atoms with Crippen LogP contribution in [0.25, 0.3) is 0 Å². The van der Waals surface area contributed by atoms with Crippen molar-refractivity contribution in [2.45, 2.75) is 25.0 Å². The second-order valence-electron chi connectivity index (χ2n) is 3.10.